The zero-order valence-corrected chi connectivity index (χ0v) is 14.9. The number of nitrogens with one attached hydrogen (secondary N) is 1. The molecule has 1 heterocycles. The van der Waals surface area contributed by atoms with Gasteiger partial charge in [0.05, 0.1) is 22.2 Å². The van der Waals surface area contributed by atoms with Crippen LogP contribution in [0.3, 0.4) is 0 Å². The number of carbonyl (C=O) groups is 1. The van der Waals surface area contributed by atoms with E-state index in [-0.39, 0.29) is 23.4 Å². The highest BCUT2D eigenvalue weighted by Crippen LogP contribution is 2.32. The number of aryl methyl sites for hydroxylation is 1. The largest absolute Gasteiger partial charge is 0.416 e. The summed E-state index contributed by atoms with van der Waals surface area (Å²) in [6, 6.07) is 2.73. The Balaban J connectivity index is 1.89. The molecular formula is C18H20F3N3O3. The second kappa shape index (κ2) is 6.63. The van der Waals surface area contributed by atoms with Gasteiger partial charge in [-0.3, -0.25) is 9.59 Å². The molecule has 1 aliphatic rings. The summed E-state index contributed by atoms with van der Waals surface area (Å²) in [4.78, 5) is 24.7. The number of fused-ring (bicyclic) bond motifs is 1. The number of carbonyl (C=O) groups excluding carboxylic acids is 1. The van der Waals surface area contributed by atoms with Crippen LogP contribution in [0, 0.1) is 0 Å². The van der Waals surface area contributed by atoms with Gasteiger partial charge < -0.3 is 10.4 Å². The van der Waals surface area contributed by atoms with Crippen molar-refractivity contribution in [1.29, 1.82) is 0 Å². The Labute approximate surface area is 153 Å². The summed E-state index contributed by atoms with van der Waals surface area (Å²) < 4.78 is 39.8. The van der Waals surface area contributed by atoms with Crippen molar-refractivity contribution in [2.45, 2.75) is 57.5 Å². The van der Waals surface area contributed by atoms with E-state index in [4.69, 9.17) is 0 Å². The maximum absolute atomic E-state index is 12.9. The fourth-order valence-electron chi connectivity index (χ4n) is 3.41. The number of alkyl halides is 3. The lowest BCUT2D eigenvalue weighted by atomic mass is 9.77. The van der Waals surface area contributed by atoms with Gasteiger partial charge in [-0.05, 0) is 44.4 Å². The average Bonchev–Trinajstić information content (AvgIpc) is 2.54. The van der Waals surface area contributed by atoms with Crippen LogP contribution >= 0.6 is 0 Å². The minimum Gasteiger partial charge on any atom is -0.390 e. The van der Waals surface area contributed by atoms with Gasteiger partial charge >= 0.3 is 6.18 Å². The van der Waals surface area contributed by atoms with Gasteiger partial charge in [0, 0.05) is 11.4 Å². The van der Waals surface area contributed by atoms with Crippen LogP contribution in [-0.4, -0.2) is 32.4 Å². The molecule has 6 nitrogen and oxygen atoms in total. The van der Waals surface area contributed by atoms with Crippen molar-refractivity contribution in [1.82, 2.24) is 15.1 Å². The molecule has 0 atom stereocenters. The van der Waals surface area contributed by atoms with Crippen LogP contribution in [0.1, 0.15) is 37.9 Å². The number of aromatic nitrogens is 2. The molecule has 0 aliphatic heterocycles. The first-order chi connectivity index (χ1) is 12.5. The first-order valence-corrected chi connectivity index (χ1v) is 8.63. The van der Waals surface area contributed by atoms with E-state index in [1.165, 1.54) is 0 Å². The predicted octanol–water partition coefficient (Wildman–Crippen LogP) is 2.01. The number of benzene rings is 1. The van der Waals surface area contributed by atoms with E-state index in [2.05, 4.69) is 10.4 Å². The van der Waals surface area contributed by atoms with E-state index in [0.29, 0.717) is 25.0 Å². The van der Waals surface area contributed by atoms with Crippen molar-refractivity contribution >= 4 is 16.7 Å². The maximum atomic E-state index is 12.9. The summed E-state index contributed by atoms with van der Waals surface area (Å²) in [7, 11) is 0. The van der Waals surface area contributed by atoms with Crippen molar-refractivity contribution in [2.75, 3.05) is 0 Å². The lowest BCUT2D eigenvalue weighted by Crippen LogP contribution is -2.54. The van der Waals surface area contributed by atoms with Gasteiger partial charge in [-0.1, -0.05) is 6.92 Å². The quantitative estimate of drug-likeness (QED) is 0.846. The van der Waals surface area contributed by atoms with Crippen LogP contribution in [0.5, 0.6) is 0 Å². The molecule has 9 heteroatoms. The molecule has 1 fully saturated rings. The number of aliphatic hydroxyl groups is 1. The summed E-state index contributed by atoms with van der Waals surface area (Å²) >= 11 is 0. The Kier molecular flexibility index (Phi) is 4.75. The number of nitrogens with zero attached hydrogens (tertiary/aromatic N) is 2. The SMILES string of the molecule is CCc1nn(CC(=O)NC2CC(C)(O)C2)c(=O)c2ccc(C(F)(F)F)cc12. The molecule has 0 spiro atoms. The summed E-state index contributed by atoms with van der Waals surface area (Å²) in [6.07, 6.45) is -3.35. The fraction of sp³-hybridized carbons (Fsp3) is 0.500. The van der Waals surface area contributed by atoms with E-state index >= 15 is 0 Å². The Morgan fingerprint density at radius 2 is 2.04 bits per heavy atom. The molecule has 1 aromatic carbocycles. The third-order valence-corrected chi connectivity index (χ3v) is 4.73. The minimum atomic E-state index is -4.52. The molecule has 0 bridgehead atoms. The zero-order chi connectivity index (χ0) is 20.0. The maximum Gasteiger partial charge on any atom is 0.416 e. The van der Waals surface area contributed by atoms with Crippen LogP contribution in [0.4, 0.5) is 13.2 Å². The lowest BCUT2D eigenvalue weighted by Gasteiger charge is -2.41. The molecule has 1 aromatic heterocycles. The second-order valence-corrected chi connectivity index (χ2v) is 7.19. The molecule has 2 aromatic rings. The molecule has 1 saturated carbocycles. The average molecular weight is 383 g/mol. The number of hydrogen-bond acceptors (Lipinski definition) is 4. The Hall–Kier alpha value is -2.42. The topological polar surface area (TPSA) is 84.2 Å². The highest BCUT2D eigenvalue weighted by atomic mass is 19.4. The summed E-state index contributed by atoms with van der Waals surface area (Å²) in [6.45, 7) is 3.06. The Bertz CT molecular complexity index is 942. The summed E-state index contributed by atoms with van der Waals surface area (Å²) in [5.74, 6) is -0.432. The van der Waals surface area contributed by atoms with Crippen molar-refractivity contribution in [3.63, 3.8) is 0 Å². The number of amides is 1. The van der Waals surface area contributed by atoms with Gasteiger partial charge in [0.25, 0.3) is 5.56 Å². The van der Waals surface area contributed by atoms with Crippen molar-refractivity contribution in [3.05, 3.63) is 39.8 Å². The number of halogens is 3. The van der Waals surface area contributed by atoms with Crippen LogP contribution in [-0.2, 0) is 23.9 Å². The monoisotopic (exact) mass is 383 g/mol. The first kappa shape index (κ1) is 19.3. The van der Waals surface area contributed by atoms with Gasteiger partial charge in [-0.15, -0.1) is 0 Å². The normalized spacial score (nSPS) is 22.5. The molecule has 27 heavy (non-hydrogen) atoms. The number of hydrogen-bond donors (Lipinski definition) is 2. The first-order valence-electron chi connectivity index (χ1n) is 8.63. The summed E-state index contributed by atoms with van der Waals surface area (Å²) in [5.41, 5.74) is -1.94. The smallest absolute Gasteiger partial charge is 0.390 e. The van der Waals surface area contributed by atoms with Crippen LogP contribution < -0.4 is 10.9 Å². The van der Waals surface area contributed by atoms with Crippen molar-refractivity contribution < 1.29 is 23.1 Å². The zero-order valence-electron chi connectivity index (χ0n) is 14.9. The molecule has 3 rings (SSSR count). The van der Waals surface area contributed by atoms with E-state index in [0.717, 1.165) is 22.9 Å². The molecule has 1 aliphatic carbocycles. The fourth-order valence-corrected chi connectivity index (χ4v) is 3.41. The third-order valence-electron chi connectivity index (χ3n) is 4.73. The third kappa shape index (κ3) is 3.97. The summed E-state index contributed by atoms with van der Waals surface area (Å²) in [5, 5.41) is 16.7. The second-order valence-electron chi connectivity index (χ2n) is 7.19. The standard InChI is InChI=1S/C18H20F3N3O3/c1-3-14-13-6-10(18(19,20)21)4-5-12(13)16(26)24(23-14)9-15(25)22-11-7-17(2,27)8-11/h4-6,11,27H,3,7-9H2,1-2H3,(H,22,25). The van der Waals surface area contributed by atoms with E-state index in [1.807, 2.05) is 0 Å². The highest BCUT2D eigenvalue weighted by Gasteiger charge is 2.39. The molecule has 0 saturated heterocycles. The van der Waals surface area contributed by atoms with E-state index in [1.54, 1.807) is 13.8 Å². The molecule has 0 unspecified atom stereocenters. The van der Waals surface area contributed by atoms with E-state index in [9.17, 15) is 27.9 Å². The molecule has 1 amide bonds. The Morgan fingerprint density at radius 3 is 2.59 bits per heavy atom. The van der Waals surface area contributed by atoms with Gasteiger partial charge in [-0.25, -0.2) is 4.68 Å². The Morgan fingerprint density at radius 1 is 1.37 bits per heavy atom. The van der Waals surface area contributed by atoms with Crippen LogP contribution in [0.15, 0.2) is 23.0 Å². The minimum absolute atomic E-state index is 0.0919. The van der Waals surface area contributed by atoms with Crippen molar-refractivity contribution in [3.8, 4) is 0 Å². The van der Waals surface area contributed by atoms with Gasteiger partial charge in [-0.2, -0.15) is 18.3 Å². The molecular weight excluding hydrogens is 363 g/mol. The van der Waals surface area contributed by atoms with Gasteiger partial charge in [0.1, 0.15) is 6.54 Å². The molecule has 0 radical (unpaired) electrons. The van der Waals surface area contributed by atoms with Crippen molar-refractivity contribution in [2.24, 2.45) is 0 Å². The molecule has 146 valence electrons. The lowest BCUT2D eigenvalue weighted by molar-refractivity contribution is -0.137. The number of rotatable bonds is 4. The van der Waals surface area contributed by atoms with E-state index < -0.39 is 28.8 Å². The van der Waals surface area contributed by atoms with Crippen LogP contribution in [0.2, 0.25) is 0 Å². The van der Waals surface area contributed by atoms with Gasteiger partial charge in [0.15, 0.2) is 0 Å². The highest BCUT2D eigenvalue weighted by molar-refractivity contribution is 5.85. The predicted molar refractivity (Wildman–Crippen MR) is 92.2 cm³/mol. The van der Waals surface area contributed by atoms with Crippen LogP contribution in [0.25, 0.3) is 10.8 Å². The molecule has 2 N–H and O–H groups in total. The van der Waals surface area contributed by atoms with Gasteiger partial charge in [0.2, 0.25) is 5.91 Å².